The first-order valence-corrected chi connectivity index (χ1v) is 10.0. The van der Waals surface area contributed by atoms with Gasteiger partial charge in [0.2, 0.25) is 0 Å². The van der Waals surface area contributed by atoms with Crippen molar-refractivity contribution < 1.29 is 26.9 Å². The second-order valence-electron chi connectivity index (χ2n) is 7.59. The predicted molar refractivity (Wildman–Crippen MR) is 102 cm³/mol. The van der Waals surface area contributed by atoms with Crippen LogP contribution in [0.15, 0.2) is 12.7 Å². The largest absolute Gasteiger partial charge is 0.488 e. The Hall–Kier alpha value is -1.45. The van der Waals surface area contributed by atoms with Crippen LogP contribution in [0.4, 0.5) is 13.2 Å². The van der Waals surface area contributed by atoms with Gasteiger partial charge >= 0.3 is 6.18 Å². The Morgan fingerprint density at radius 1 is 1.43 bits per heavy atom. The summed E-state index contributed by atoms with van der Waals surface area (Å²) in [4.78, 5) is 15.5. The molecule has 0 fully saturated rings. The van der Waals surface area contributed by atoms with Crippen molar-refractivity contribution in [3.05, 3.63) is 34.6 Å². The molecule has 0 saturated heterocycles. The number of alkyl halides is 3. The molecule has 2 atom stereocenters. The number of nitrogens with zero attached hydrogens (tertiary/aromatic N) is 1. The van der Waals surface area contributed by atoms with Crippen LogP contribution in [0.3, 0.4) is 0 Å². The number of halogens is 4. The molecule has 0 saturated carbocycles. The summed E-state index contributed by atoms with van der Waals surface area (Å²) >= 11 is 6.05. The first kappa shape index (κ1) is 22.8. The molecule has 0 aromatic carbocycles. The summed E-state index contributed by atoms with van der Waals surface area (Å²) < 4.78 is 59.9. The highest BCUT2D eigenvalue weighted by atomic mass is 35.5. The van der Waals surface area contributed by atoms with Crippen molar-refractivity contribution in [3.8, 4) is 5.75 Å². The van der Waals surface area contributed by atoms with Crippen LogP contribution < -0.4 is 9.46 Å². The minimum atomic E-state index is -5.10. The molecule has 156 valence electrons. The van der Waals surface area contributed by atoms with Crippen molar-refractivity contribution in [2.24, 2.45) is 0 Å². The third-order valence-electron chi connectivity index (χ3n) is 4.39. The van der Waals surface area contributed by atoms with Gasteiger partial charge in [0.25, 0.3) is 5.78 Å². The zero-order valence-corrected chi connectivity index (χ0v) is 17.6. The number of nitrogens with one attached hydrogen (secondary N) is 1. The van der Waals surface area contributed by atoms with Crippen LogP contribution in [-0.4, -0.2) is 32.5 Å². The molecule has 1 aliphatic heterocycles. The average molecular weight is 439 g/mol. The lowest BCUT2D eigenvalue weighted by Crippen LogP contribution is -2.49. The fourth-order valence-corrected chi connectivity index (χ4v) is 4.12. The highest BCUT2D eigenvalue weighted by Gasteiger charge is 2.49. The molecule has 0 aliphatic carbocycles. The number of hydrogen-bond donors (Lipinski definition) is 1. The number of ketones is 1. The highest BCUT2D eigenvalue weighted by Crippen LogP contribution is 2.47. The van der Waals surface area contributed by atoms with Crippen molar-refractivity contribution in [2.75, 3.05) is 6.61 Å². The van der Waals surface area contributed by atoms with Crippen molar-refractivity contribution in [3.63, 3.8) is 0 Å². The molecule has 2 rings (SSSR count). The normalized spacial score (nSPS) is 20.4. The molecule has 0 spiro atoms. The van der Waals surface area contributed by atoms with Crippen LogP contribution in [0.5, 0.6) is 5.75 Å². The quantitative estimate of drug-likeness (QED) is 0.406. The number of rotatable bonds is 6. The summed E-state index contributed by atoms with van der Waals surface area (Å²) in [7, 11) is -1.56. The van der Waals surface area contributed by atoms with Gasteiger partial charge in [-0.15, -0.1) is 6.58 Å². The van der Waals surface area contributed by atoms with Crippen LogP contribution >= 0.6 is 11.6 Å². The van der Waals surface area contributed by atoms with Crippen LogP contribution in [0.2, 0.25) is 5.15 Å². The van der Waals surface area contributed by atoms with Crippen molar-refractivity contribution in [1.82, 2.24) is 9.71 Å². The fraction of sp³-hybridized carbons (Fsp3) is 0.556. The molecule has 0 radical (unpaired) electrons. The molecule has 1 aromatic rings. The second-order valence-corrected chi connectivity index (χ2v) is 9.91. The number of pyridine rings is 1. The number of fused-ring (bicyclic) bond motifs is 1. The van der Waals surface area contributed by atoms with Crippen molar-refractivity contribution in [2.45, 2.75) is 57.0 Å². The number of ether oxygens (including phenoxy) is 1. The van der Waals surface area contributed by atoms with E-state index in [1.54, 1.807) is 26.8 Å². The second kappa shape index (κ2) is 7.76. The SMILES string of the molecule is C=CCCC1(NS(=O)C(C)(C)C)COc2c(Cl)nc(C(=O)C(F)(F)F)c(C)c21. The molecule has 10 heteroatoms. The number of Topliss-reactive ketones (excluding diaryl/α,β-unsaturated/α-hetero) is 1. The Bertz CT molecular complexity index is 837. The molecule has 0 bridgehead atoms. The van der Waals surface area contributed by atoms with E-state index in [9.17, 15) is 22.2 Å². The number of carbonyl (C=O) groups excluding carboxylic acids is 1. The molecule has 1 N–H and O–H groups in total. The molecule has 5 nitrogen and oxygen atoms in total. The van der Waals surface area contributed by atoms with Gasteiger partial charge in [-0.1, -0.05) is 17.7 Å². The van der Waals surface area contributed by atoms with Crippen LogP contribution in [0.1, 0.15) is 55.2 Å². The average Bonchev–Trinajstić information content (AvgIpc) is 2.94. The lowest BCUT2D eigenvalue weighted by atomic mass is 9.85. The van der Waals surface area contributed by atoms with E-state index in [1.807, 2.05) is 0 Å². The first-order valence-electron chi connectivity index (χ1n) is 8.50. The summed E-state index contributed by atoms with van der Waals surface area (Å²) in [5.41, 5.74) is -1.60. The molecule has 1 aromatic heterocycles. The number of hydrogen-bond acceptors (Lipinski definition) is 4. The van der Waals surface area contributed by atoms with Crippen molar-refractivity contribution >= 4 is 28.4 Å². The summed E-state index contributed by atoms with van der Waals surface area (Å²) in [6.07, 6.45) is -2.65. The van der Waals surface area contributed by atoms with E-state index in [1.165, 1.54) is 6.92 Å². The third-order valence-corrected chi connectivity index (χ3v) is 6.33. The summed E-state index contributed by atoms with van der Waals surface area (Å²) in [6, 6.07) is 0. The van der Waals surface area contributed by atoms with Gasteiger partial charge in [0, 0.05) is 5.56 Å². The maximum atomic E-state index is 13.0. The Balaban J connectivity index is 2.69. The number of allylic oxidation sites excluding steroid dienone is 1. The Morgan fingerprint density at radius 2 is 2.04 bits per heavy atom. The smallest absolute Gasteiger partial charge is 0.456 e. The van der Waals surface area contributed by atoms with Gasteiger partial charge in [-0.25, -0.2) is 13.9 Å². The van der Waals surface area contributed by atoms with E-state index in [-0.39, 0.29) is 28.6 Å². The summed E-state index contributed by atoms with van der Waals surface area (Å²) in [5.74, 6) is -1.99. The Morgan fingerprint density at radius 3 is 2.54 bits per heavy atom. The van der Waals surface area contributed by atoms with Crippen LogP contribution in [0.25, 0.3) is 0 Å². The van der Waals surface area contributed by atoms with Gasteiger partial charge in [-0.3, -0.25) is 4.79 Å². The molecule has 2 heterocycles. The maximum Gasteiger partial charge on any atom is 0.456 e. The van der Waals surface area contributed by atoms with Gasteiger partial charge in [0.15, 0.2) is 10.9 Å². The van der Waals surface area contributed by atoms with Gasteiger partial charge < -0.3 is 4.74 Å². The van der Waals surface area contributed by atoms with Gasteiger partial charge in [0.05, 0.1) is 21.3 Å². The van der Waals surface area contributed by atoms with E-state index in [2.05, 4.69) is 16.3 Å². The highest BCUT2D eigenvalue weighted by molar-refractivity contribution is 7.84. The third kappa shape index (κ3) is 4.26. The van der Waals surface area contributed by atoms with E-state index in [0.29, 0.717) is 12.8 Å². The molecule has 0 amide bonds. The lowest BCUT2D eigenvalue weighted by molar-refractivity contribution is -0.0888. The molecular weight excluding hydrogens is 417 g/mol. The van der Waals surface area contributed by atoms with E-state index >= 15 is 0 Å². The number of carbonyl (C=O) groups is 1. The predicted octanol–water partition coefficient (Wildman–Crippen LogP) is 4.39. The van der Waals surface area contributed by atoms with Crippen LogP contribution in [-0.2, 0) is 16.5 Å². The summed E-state index contributed by atoms with van der Waals surface area (Å²) in [5, 5.41) is -0.336. The standard InChI is InChI=1S/C18H22ClF3N2O3S/c1-6-7-8-17(24-28(26)16(3,4)5)9-27-13-11(17)10(2)12(23-15(13)19)14(25)18(20,21)22/h6,24H,1,7-9H2,2-5H3. The van der Waals surface area contributed by atoms with E-state index < -0.39 is 38.9 Å². The molecule has 28 heavy (non-hydrogen) atoms. The molecule has 1 aliphatic rings. The minimum Gasteiger partial charge on any atom is -0.488 e. The van der Waals surface area contributed by atoms with E-state index in [4.69, 9.17) is 16.3 Å². The van der Waals surface area contributed by atoms with Gasteiger partial charge in [-0.05, 0) is 46.1 Å². The molecular formula is C18H22ClF3N2O3S. The Labute approximate surface area is 169 Å². The van der Waals surface area contributed by atoms with E-state index in [0.717, 1.165) is 0 Å². The fourth-order valence-electron chi connectivity index (χ4n) is 2.96. The molecule has 2 unspecified atom stereocenters. The van der Waals surface area contributed by atoms with Crippen molar-refractivity contribution in [1.29, 1.82) is 0 Å². The minimum absolute atomic E-state index is 0.00157. The number of aromatic nitrogens is 1. The Kier molecular flexibility index (Phi) is 6.33. The lowest BCUT2D eigenvalue weighted by Gasteiger charge is -2.33. The van der Waals surface area contributed by atoms with Gasteiger partial charge in [-0.2, -0.15) is 13.2 Å². The van der Waals surface area contributed by atoms with Crippen LogP contribution in [0, 0.1) is 6.92 Å². The summed E-state index contributed by atoms with van der Waals surface area (Å²) in [6.45, 7) is 10.3. The monoisotopic (exact) mass is 438 g/mol. The first-order chi connectivity index (χ1) is 12.7. The van der Waals surface area contributed by atoms with Gasteiger partial charge in [0.1, 0.15) is 12.3 Å². The maximum absolute atomic E-state index is 13.0. The zero-order valence-electron chi connectivity index (χ0n) is 16.0. The topological polar surface area (TPSA) is 68.3 Å². The zero-order chi connectivity index (χ0) is 21.5.